The summed E-state index contributed by atoms with van der Waals surface area (Å²) in [7, 11) is 0. The first-order valence-electron chi connectivity index (χ1n) is 12.3. The Bertz CT molecular complexity index is 1250. The summed E-state index contributed by atoms with van der Waals surface area (Å²) in [4.78, 5) is 32.0. The summed E-state index contributed by atoms with van der Waals surface area (Å²) >= 11 is 13.9. The Kier molecular flexibility index (Phi) is 8.13. The first-order chi connectivity index (χ1) is 17.1. The lowest BCUT2D eigenvalue weighted by Crippen LogP contribution is -2.47. The van der Waals surface area contributed by atoms with Gasteiger partial charge in [0.1, 0.15) is 6.54 Å². The van der Waals surface area contributed by atoms with Crippen LogP contribution in [0.25, 0.3) is 0 Å². The van der Waals surface area contributed by atoms with Crippen LogP contribution in [-0.2, 0) is 16.6 Å². The molecule has 0 radical (unpaired) electrons. The fourth-order valence-corrected chi connectivity index (χ4v) is 5.90. The van der Waals surface area contributed by atoms with Crippen LogP contribution in [0.5, 0.6) is 0 Å². The van der Waals surface area contributed by atoms with E-state index in [1.165, 1.54) is 16.0 Å². The van der Waals surface area contributed by atoms with E-state index in [0.29, 0.717) is 28.7 Å². The minimum atomic E-state index is -0.219. The molecule has 36 heavy (non-hydrogen) atoms. The highest BCUT2D eigenvalue weighted by Crippen LogP contribution is 2.38. The molecule has 3 aromatic rings. The van der Waals surface area contributed by atoms with Gasteiger partial charge < -0.3 is 9.80 Å². The predicted molar refractivity (Wildman–Crippen MR) is 149 cm³/mol. The minimum Gasteiger partial charge on any atom is -0.330 e. The van der Waals surface area contributed by atoms with Crippen molar-refractivity contribution >= 4 is 46.4 Å². The second-order valence-corrected chi connectivity index (χ2v) is 12.1. The molecule has 2 amide bonds. The summed E-state index contributed by atoms with van der Waals surface area (Å²) in [5.74, 6) is -0.276. The van der Waals surface area contributed by atoms with Crippen molar-refractivity contribution in [3.8, 4) is 0 Å². The van der Waals surface area contributed by atoms with Gasteiger partial charge in [0.05, 0.1) is 16.1 Å². The van der Waals surface area contributed by atoms with E-state index in [1.807, 2.05) is 11.8 Å². The van der Waals surface area contributed by atoms with Gasteiger partial charge in [0, 0.05) is 23.5 Å². The Morgan fingerprint density at radius 3 is 2.42 bits per heavy atom. The molecule has 0 unspecified atom stereocenters. The average Bonchev–Trinajstić information content (AvgIpc) is 3.33. The molecule has 0 aliphatic carbocycles. The van der Waals surface area contributed by atoms with Gasteiger partial charge >= 0.3 is 0 Å². The smallest absolute Gasteiger partial charge is 0.254 e. The van der Waals surface area contributed by atoms with Crippen molar-refractivity contribution in [3.05, 3.63) is 91.1 Å². The van der Waals surface area contributed by atoms with Crippen LogP contribution in [0.1, 0.15) is 72.1 Å². The van der Waals surface area contributed by atoms with Crippen LogP contribution >= 0.6 is 34.5 Å². The number of thiophene rings is 1. The molecule has 0 saturated carbocycles. The maximum Gasteiger partial charge on any atom is 0.254 e. The van der Waals surface area contributed by atoms with Crippen LogP contribution in [0.4, 0.5) is 0 Å². The molecule has 0 N–H and O–H groups in total. The molecule has 4 nitrogen and oxygen atoms in total. The maximum atomic E-state index is 13.8. The molecule has 1 aromatic heterocycles. The zero-order valence-electron chi connectivity index (χ0n) is 21.2. The third-order valence-corrected chi connectivity index (χ3v) is 8.39. The second kappa shape index (κ2) is 11.0. The first kappa shape index (κ1) is 26.7. The number of hydrogen-bond donors (Lipinski definition) is 0. The van der Waals surface area contributed by atoms with Gasteiger partial charge in [-0.25, -0.2) is 0 Å². The molecule has 0 bridgehead atoms. The SMILES string of the molecule is CCCN(CC(=O)N1CCc2sccc2[C@H]1c1ccc(C(C)(C)C)cc1)C(=O)c1ccc(Cl)c(Cl)c1. The van der Waals surface area contributed by atoms with E-state index in [4.69, 9.17) is 23.2 Å². The van der Waals surface area contributed by atoms with E-state index in [9.17, 15) is 9.59 Å². The van der Waals surface area contributed by atoms with Crippen molar-refractivity contribution < 1.29 is 9.59 Å². The highest BCUT2D eigenvalue weighted by atomic mass is 35.5. The molecule has 1 aliphatic rings. The molecule has 2 aromatic carbocycles. The van der Waals surface area contributed by atoms with Gasteiger partial charge in [-0.1, -0.05) is 75.2 Å². The normalized spacial score (nSPS) is 15.5. The number of amides is 2. The standard InChI is InChI=1S/C29H32Cl2N2O2S/c1-5-14-32(28(35)20-8-11-23(30)24(31)17-20)18-26(34)33-15-12-25-22(13-16-36-25)27(33)19-6-9-21(10-7-19)29(2,3)4/h6-11,13,16-17,27H,5,12,14-15,18H2,1-4H3/t27-/m1/s1. The van der Waals surface area contributed by atoms with Crippen molar-refractivity contribution in [2.75, 3.05) is 19.6 Å². The fourth-order valence-electron chi connectivity index (χ4n) is 4.70. The number of rotatable bonds is 6. The molecular weight excluding hydrogens is 511 g/mol. The highest BCUT2D eigenvalue weighted by molar-refractivity contribution is 7.10. The van der Waals surface area contributed by atoms with Gasteiger partial charge in [-0.3, -0.25) is 9.59 Å². The molecule has 190 valence electrons. The van der Waals surface area contributed by atoms with Crippen molar-refractivity contribution in [2.45, 2.75) is 52.0 Å². The predicted octanol–water partition coefficient (Wildman–Crippen LogP) is 7.38. The number of carbonyl (C=O) groups is 2. The third-order valence-electron chi connectivity index (χ3n) is 6.65. The van der Waals surface area contributed by atoms with Crippen LogP contribution in [0.2, 0.25) is 10.0 Å². The second-order valence-electron chi connectivity index (χ2n) is 10.3. The third kappa shape index (κ3) is 5.64. The molecule has 2 heterocycles. The number of nitrogens with zero attached hydrogens (tertiary/aromatic N) is 2. The molecule has 0 saturated heterocycles. The summed E-state index contributed by atoms with van der Waals surface area (Å²) in [6, 6.07) is 15.4. The number of benzene rings is 2. The summed E-state index contributed by atoms with van der Waals surface area (Å²) in [5, 5.41) is 2.82. The Morgan fingerprint density at radius 2 is 1.78 bits per heavy atom. The van der Waals surface area contributed by atoms with Crippen LogP contribution < -0.4 is 0 Å². The van der Waals surface area contributed by atoms with Gasteiger partial charge in [-0.05, 0) is 64.6 Å². The number of fused-ring (bicyclic) bond motifs is 1. The largest absolute Gasteiger partial charge is 0.330 e. The van der Waals surface area contributed by atoms with Gasteiger partial charge in [-0.15, -0.1) is 11.3 Å². The van der Waals surface area contributed by atoms with E-state index < -0.39 is 0 Å². The summed E-state index contributed by atoms with van der Waals surface area (Å²) in [6.07, 6.45) is 1.57. The van der Waals surface area contributed by atoms with Crippen molar-refractivity contribution in [2.24, 2.45) is 0 Å². The lowest BCUT2D eigenvalue weighted by molar-refractivity contribution is -0.134. The number of carbonyl (C=O) groups excluding carboxylic acids is 2. The van der Waals surface area contributed by atoms with Crippen molar-refractivity contribution in [1.82, 2.24) is 9.80 Å². The van der Waals surface area contributed by atoms with Gasteiger partial charge in [-0.2, -0.15) is 0 Å². The Balaban J connectivity index is 1.62. The summed E-state index contributed by atoms with van der Waals surface area (Å²) < 4.78 is 0. The van der Waals surface area contributed by atoms with Gasteiger partial charge in [0.2, 0.25) is 5.91 Å². The maximum absolute atomic E-state index is 13.8. The summed E-state index contributed by atoms with van der Waals surface area (Å²) in [6.45, 7) is 9.71. The van der Waals surface area contributed by atoms with Crippen LogP contribution in [0, 0.1) is 0 Å². The molecule has 0 fully saturated rings. The van der Waals surface area contributed by atoms with E-state index in [-0.39, 0.29) is 29.8 Å². The minimum absolute atomic E-state index is 0.0168. The fraction of sp³-hybridized carbons (Fsp3) is 0.379. The lowest BCUT2D eigenvalue weighted by atomic mass is 9.85. The first-order valence-corrected chi connectivity index (χ1v) is 13.9. The molecule has 0 spiro atoms. The van der Waals surface area contributed by atoms with Crippen molar-refractivity contribution in [3.63, 3.8) is 0 Å². The molecule has 1 aliphatic heterocycles. The Morgan fingerprint density at radius 1 is 1.06 bits per heavy atom. The zero-order valence-corrected chi connectivity index (χ0v) is 23.5. The van der Waals surface area contributed by atoms with Crippen LogP contribution in [-0.4, -0.2) is 41.2 Å². The summed E-state index contributed by atoms with van der Waals surface area (Å²) in [5.41, 5.74) is 4.01. The van der Waals surface area contributed by atoms with Gasteiger partial charge in [0.15, 0.2) is 0 Å². The molecule has 1 atom stereocenters. The van der Waals surface area contributed by atoms with Crippen LogP contribution in [0.3, 0.4) is 0 Å². The molecular formula is C29H32Cl2N2O2S. The van der Waals surface area contributed by atoms with E-state index in [2.05, 4.69) is 56.5 Å². The zero-order chi connectivity index (χ0) is 26.0. The van der Waals surface area contributed by atoms with Crippen LogP contribution in [0.15, 0.2) is 53.9 Å². The Labute approximate surface area is 227 Å². The number of hydrogen-bond acceptors (Lipinski definition) is 3. The van der Waals surface area contributed by atoms with E-state index in [1.54, 1.807) is 34.4 Å². The van der Waals surface area contributed by atoms with Gasteiger partial charge in [0.25, 0.3) is 5.91 Å². The lowest BCUT2D eigenvalue weighted by Gasteiger charge is -2.38. The monoisotopic (exact) mass is 542 g/mol. The van der Waals surface area contributed by atoms with Crippen molar-refractivity contribution in [1.29, 1.82) is 0 Å². The average molecular weight is 544 g/mol. The topological polar surface area (TPSA) is 40.6 Å². The van der Waals surface area contributed by atoms with E-state index >= 15 is 0 Å². The number of halogens is 2. The highest BCUT2D eigenvalue weighted by Gasteiger charge is 2.34. The Hall–Kier alpha value is -2.34. The van der Waals surface area contributed by atoms with E-state index in [0.717, 1.165) is 18.4 Å². The molecule has 4 rings (SSSR count). The molecule has 7 heteroatoms. The quantitative estimate of drug-likeness (QED) is 0.326.